The van der Waals surface area contributed by atoms with Gasteiger partial charge in [0.25, 0.3) is 11.8 Å². The lowest BCUT2D eigenvalue weighted by Gasteiger charge is -2.12. The third-order valence-electron chi connectivity index (χ3n) is 3.91. The van der Waals surface area contributed by atoms with Crippen LogP contribution in [0.25, 0.3) is 10.8 Å². The summed E-state index contributed by atoms with van der Waals surface area (Å²) in [7, 11) is 0. The molecule has 0 spiro atoms. The fourth-order valence-corrected chi connectivity index (χ4v) is 3.95. The van der Waals surface area contributed by atoms with Gasteiger partial charge in [-0.1, -0.05) is 36.4 Å². The summed E-state index contributed by atoms with van der Waals surface area (Å²) in [5, 5.41) is 11.4. The van der Waals surface area contributed by atoms with E-state index in [1.807, 2.05) is 59.3 Å². The third-order valence-corrected chi connectivity index (χ3v) is 5.65. The average Bonchev–Trinajstić information content (AvgIpc) is 3.36. The zero-order valence-corrected chi connectivity index (χ0v) is 15.2. The van der Waals surface area contributed by atoms with Crippen LogP contribution in [0.2, 0.25) is 0 Å². The van der Waals surface area contributed by atoms with E-state index in [0.717, 1.165) is 10.8 Å². The third kappa shape index (κ3) is 3.24. The summed E-state index contributed by atoms with van der Waals surface area (Å²) in [6, 6.07) is 18.6. The molecule has 4 rings (SSSR count). The molecule has 0 bridgehead atoms. The molecule has 2 aromatic carbocycles. The number of benzene rings is 2. The molecule has 26 heavy (non-hydrogen) atoms. The fourth-order valence-electron chi connectivity index (χ4n) is 2.71. The van der Waals surface area contributed by atoms with E-state index in [9.17, 15) is 9.59 Å². The molecule has 2 aromatic heterocycles. The zero-order valence-electron chi connectivity index (χ0n) is 13.6. The minimum absolute atomic E-state index is 0.138. The van der Waals surface area contributed by atoms with Crippen molar-refractivity contribution in [3.63, 3.8) is 0 Å². The van der Waals surface area contributed by atoms with Crippen molar-refractivity contribution in [2.75, 3.05) is 10.6 Å². The molecule has 6 heteroatoms. The molecule has 0 aliphatic carbocycles. The van der Waals surface area contributed by atoms with E-state index in [2.05, 4.69) is 10.6 Å². The Morgan fingerprint density at radius 1 is 0.615 bits per heavy atom. The molecule has 2 heterocycles. The standard InChI is InChI=1S/C20H14N2O2S2/c23-19(17-9-3-11-25-17)21-15-7-1-5-13-14(15)6-2-8-16(13)22-20(24)18-10-4-12-26-18/h1-12H,(H,21,23)(H,22,24). The Bertz CT molecular complexity index is 983. The smallest absolute Gasteiger partial charge is 0.265 e. The molecular formula is C20H14N2O2S2. The average molecular weight is 378 g/mol. The van der Waals surface area contributed by atoms with Gasteiger partial charge < -0.3 is 10.6 Å². The highest BCUT2D eigenvalue weighted by molar-refractivity contribution is 7.12. The van der Waals surface area contributed by atoms with Crippen LogP contribution in [-0.4, -0.2) is 11.8 Å². The van der Waals surface area contributed by atoms with E-state index >= 15 is 0 Å². The molecule has 0 fully saturated rings. The number of fused-ring (bicyclic) bond motifs is 1. The van der Waals surface area contributed by atoms with E-state index in [4.69, 9.17) is 0 Å². The van der Waals surface area contributed by atoms with Crippen LogP contribution in [0.4, 0.5) is 11.4 Å². The van der Waals surface area contributed by atoms with Crippen LogP contribution in [0.3, 0.4) is 0 Å². The predicted octanol–water partition coefficient (Wildman–Crippen LogP) is 5.47. The summed E-state index contributed by atoms with van der Waals surface area (Å²) in [6.07, 6.45) is 0. The van der Waals surface area contributed by atoms with E-state index in [-0.39, 0.29) is 11.8 Å². The molecule has 0 radical (unpaired) electrons. The number of rotatable bonds is 4. The highest BCUT2D eigenvalue weighted by Gasteiger charge is 2.12. The van der Waals surface area contributed by atoms with Gasteiger partial charge in [0, 0.05) is 22.1 Å². The normalized spacial score (nSPS) is 10.6. The lowest BCUT2D eigenvalue weighted by Crippen LogP contribution is -2.12. The first kappa shape index (κ1) is 16.5. The van der Waals surface area contributed by atoms with Gasteiger partial charge in [0.1, 0.15) is 0 Å². The van der Waals surface area contributed by atoms with Crippen molar-refractivity contribution < 1.29 is 9.59 Å². The van der Waals surface area contributed by atoms with Gasteiger partial charge >= 0.3 is 0 Å². The first-order chi connectivity index (χ1) is 12.7. The van der Waals surface area contributed by atoms with E-state index < -0.39 is 0 Å². The highest BCUT2D eigenvalue weighted by Crippen LogP contribution is 2.30. The number of amides is 2. The maximum atomic E-state index is 12.4. The summed E-state index contributed by atoms with van der Waals surface area (Å²) in [5.41, 5.74) is 1.43. The van der Waals surface area contributed by atoms with Gasteiger partial charge in [-0.25, -0.2) is 0 Å². The van der Waals surface area contributed by atoms with Crippen molar-refractivity contribution in [3.05, 3.63) is 81.2 Å². The summed E-state index contributed by atoms with van der Waals surface area (Å²) in [4.78, 5) is 26.0. The number of hydrogen-bond donors (Lipinski definition) is 2. The molecule has 4 aromatic rings. The Labute approximate surface area is 158 Å². The van der Waals surface area contributed by atoms with E-state index in [0.29, 0.717) is 21.1 Å². The van der Waals surface area contributed by atoms with Crippen LogP contribution in [0.5, 0.6) is 0 Å². The number of thiophene rings is 2. The SMILES string of the molecule is O=C(Nc1cccc2c(NC(=O)c3cccs3)cccc12)c1cccs1. The van der Waals surface area contributed by atoms with Crippen molar-refractivity contribution in [1.82, 2.24) is 0 Å². The van der Waals surface area contributed by atoms with Crippen molar-refractivity contribution in [2.24, 2.45) is 0 Å². The Balaban J connectivity index is 1.67. The maximum Gasteiger partial charge on any atom is 0.265 e. The minimum Gasteiger partial charge on any atom is -0.321 e. The van der Waals surface area contributed by atoms with E-state index in [1.165, 1.54) is 22.7 Å². The summed E-state index contributed by atoms with van der Waals surface area (Å²) < 4.78 is 0. The Hall–Kier alpha value is -2.96. The molecule has 0 saturated carbocycles. The lowest BCUT2D eigenvalue weighted by molar-refractivity contribution is 0.102. The second-order valence-corrected chi connectivity index (χ2v) is 7.46. The maximum absolute atomic E-state index is 12.4. The molecule has 0 unspecified atom stereocenters. The van der Waals surface area contributed by atoms with Crippen LogP contribution < -0.4 is 10.6 Å². The van der Waals surface area contributed by atoms with Crippen molar-refractivity contribution in [2.45, 2.75) is 0 Å². The van der Waals surface area contributed by atoms with Crippen LogP contribution in [-0.2, 0) is 0 Å². The first-order valence-corrected chi connectivity index (χ1v) is 9.70. The number of nitrogens with one attached hydrogen (secondary N) is 2. The number of carbonyl (C=O) groups excluding carboxylic acids is 2. The van der Waals surface area contributed by atoms with Gasteiger partial charge in [-0.2, -0.15) is 0 Å². The van der Waals surface area contributed by atoms with Crippen LogP contribution in [0, 0.1) is 0 Å². The summed E-state index contributed by atoms with van der Waals surface area (Å²) in [6.45, 7) is 0. The largest absolute Gasteiger partial charge is 0.321 e. The monoisotopic (exact) mass is 378 g/mol. The second-order valence-electron chi connectivity index (χ2n) is 5.57. The minimum atomic E-state index is -0.138. The first-order valence-electron chi connectivity index (χ1n) is 7.94. The van der Waals surface area contributed by atoms with Gasteiger partial charge in [0.05, 0.1) is 9.75 Å². The fraction of sp³-hybridized carbons (Fsp3) is 0. The van der Waals surface area contributed by atoms with Gasteiger partial charge in [-0.3, -0.25) is 9.59 Å². The molecule has 0 aliphatic rings. The predicted molar refractivity (Wildman–Crippen MR) is 108 cm³/mol. The number of anilines is 2. The Morgan fingerprint density at radius 2 is 1.08 bits per heavy atom. The molecule has 0 aliphatic heterocycles. The molecule has 0 saturated heterocycles. The molecule has 0 atom stereocenters. The van der Waals surface area contributed by atoms with Crippen LogP contribution >= 0.6 is 22.7 Å². The molecule has 4 nitrogen and oxygen atoms in total. The Morgan fingerprint density at radius 3 is 1.46 bits per heavy atom. The lowest BCUT2D eigenvalue weighted by atomic mass is 10.1. The van der Waals surface area contributed by atoms with E-state index in [1.54, 1.807) is 12.1 Å². The van der Waals surface area contributed by atoms with Crippen LogP contribution in [0.15, 0.2) is 71.4 Å². The van der Waals surface area contributed by atoms with Crippen molar-refractivity contribution in [3.8, 4) is 0 Å². The van der Waals surface area contributed by atoms with Gasteiger partial charge in [0.2, 0.25) is 0 Å². The van der Waals surface area contributed by atoms with Crippen molar-refractivity contribution >= 4 is 56.6 Å². The number of carbonyl (C=O) groups is 2. The summed E-state index contributed by atoms with van der Waals surface area (Å²) in [5.74, 6) is -0.277. The number of hydrogen-bond acceptors (Lipinski definition) is 4. The molecule has 2 N–H and O–H groups in total. The van der Waals surface area contributed by atoms with Crippen LogP contribution in [0.1, 0.15) is 19.3 Å². The topological polar surface area (TPSA) is 58.2 Å². The molecule has 128 valence electrons. The Kier molecular flexibility index (Phi) is 4.51. The second kappa shape index (κ2) is 7.11. The van der Waals surface area contributed by atoms with Crippen molar-refractivity contribution in [1.29, 1.82) is 0 Å². The highest BCUT2D eigenvalue weighted by atomic mass is 32.1. The zero-order chi connectivity index (χ0) is 17.9. The van der Waals surface area contributed by atoms with Gasteiger partial charge in [0.15, 0.2) is 0 Å². The van der Waals surface area contributed by atoms with Gasteiger partial charge in [-0.05, 0) is 35.0 Å². The molecular weight excluding hydrogens is 364 g/mol. The quantitative estimate of drug-likeness (QED) is 0.495. The van der Waals surface area contributed by atoms with Gasteiger partial charge in [-0.15, -0.1) is 22.7 Å². The summed E-state index contributed by atoms with van der Waals surface area (Å²) >= 11 is 2.80. The molecule has 2 amide bonds.